The molecule has 0 saturated heterocycles. The Morgan fingerprint density at radius 1 is 1.29 bits per heavy atom. The first kappa shape index (κ1) is 8.00. The summed E-state index contributed by atoms with van der Waals surface area (Å²) in [5, 5.41) is 3.83. The van der Waals surface area contributed by atoms with Gasteiger partial charge in [0.05, 0.1) is 0 Å². The second-order valence-corrected chi connectivity index (χ2v) is 3.63. The quantitative estimate of drug-likeness (QED) is 0.613. The van der Waals surface area contributed by atoms with Crippen molar-refractivity contribution in [3.63, 3.8) is 0 Å². The molecule has 0 spiro atoms. The van der Waals surface area contributed by atoms with E-state index in [2.05, 4.69) is 10.3 Å². The Morgan fingerprint density at radius 2 is 2.14 bits per heavy atom. The third-order valence-corrected chi connectivity index (χ3v) is 2.78. The molecular formula is C11H11FN2. The van der Waals surface area contributed by atoms with Gasteiger partial charge < -0.3 is 4.98 Å². The molecule has 1 aliphatic heterocycles. The van der Waals surface area contributed by atoms with Crippen LogP contribution in [0.5, 0.6) is 0 Å². The molecule has 0 aliphatic carbocycles. The number of halogens is 1. The molecule has 1 atom stereocenters. The van der Waals surface area contributed by atoms with Gasteiger partial charge in [0.25, 0.3) is 0 Å². The van der Waals surface area contributed by atoms with Crippen molar-refractivity contribution < 1.29 is 4.39 Å². The molecule has 2 heterocycles. The molecule has 72 valence electrons. The molecule has 2 aromatic rings. The van der Waals surface area contributed by atoms with E-state index in [1.807, 2.05) is 24.3 Å². The molecule has 3 rings (SSSR count). The Morgan fingerprint density at radius 3 is 3.07 bits per heavy atom. The summed E-state index contributed by atoms with van der Waals surface area (Å²) in [7, 11) is 0. The van der Waals surface area contributed by atoms with Crippen LogP contribution in [0.1, 0.15) is 17.6 Å². The predicted octanol–water partition coefficient (Wildman–Crippen LogP) is 2.28. The van der Waals surface area contributed by atoms with Crippen molar-refractivity contribution in [3.8, 4) is 0 Å². The Hall–Kier alpha value is -1.35. The fraction of sp³-hybridized carbons (Fsp3) is 0.273. The highest BCUT2D eigenvalue weighted by Crippen LogP contribution is 2.31. The van der Waals surface area contributed by atoms with Crippen LogP contribution in [0.4, 0.5) is 4.39 Å². The highest BCUT2D eigenvalue weighted by Gasteiger charge is 2.23. The molecule has 3 heteroatoms. The zero-order chi connectivity index (χ0) is 9.54. The minimum absolute atomic E-state index is 0.709. The van der Waals surface area contributed by atoms with Crippen LogP contribution in [0, 0.1) is 0 Å². The average Bonchev–Trinajstić information content (AvgIpc) is 2.57. The summed E-state index contributed by atoms with van der Waals surface area (Å²) >= 11 is 0. The monoisotopic (exact) mass is 190 g/mol. The number of H-pyrrole nitrogens is 1. The van der Waals surface area contributed by atoms with E-state index in [1.165, 1.54) is 0 Å². The highest BCUT2D eigenvalue weighted by atomic mass is 19.1. The van der Waals surface area contributed by atoms with Crippen LogP contribution in [0.25, 0.3) is 10.9 Å². The number of para-hydroxylation sites is 1. The summed E-state index contributed by atoms with van der Waals surface area (Å²) in [5.41, 5.74) is 2.87. The van der Waals surface area contributed by atoms with Gasteiger partial charge in [-0.3, -0.25) is 5.32 Å². The lowest BCUT2D eigenvalue weighted by Gasteiger charge is -2.17. The van der Waals surface area contributed by atoms with Gasteiger partial charge in [0.2, 0.25) is 0 Å². The van der Waals surface area contributed by atoms with Crippen molar-refractivity contribution in [2.45, 2.75) is 12.7 Å². The minimum Gasteiger partial charge on any atom is -0.358 e. The maximum Gasteiger partial charge on any atom is 0.179 e. The van der Waals surface area contributed by atoms with Crippen LogP contribution in [0.15, 0.2) is 24.3 Å². The lowest BCUT2D eigenvalue weighted by Crippen LogP contribution is -2.26. The zero-order valence-corrected chi connectivity index (χ0v) is 7.68. The summed E-state index contributed by atoms with van der Waals surface area (Å²) in [5.74, 6) is 0. The topological polar surface area (TPSA) is 27.8 Å². The highest BCUT2D eigenvalue weighted by molar-refractivity contribution is 5.85. The van der Waals surface area contributed by atoms with Gasteiger partial charge in [-0.15, -0.1) is 0 Å². The summed E-state index contributed by atoms with van der Waals surface area (Å²) in [6, 6.07) is 7.85. The van der Waals surface area contributed by atoms with E-state index >= 15 is 0 Å². The van der Waals surface area contributed by atoms with Gasteiger partial charge >= 0.3 is 0 Å². The van der Waals surface area contributed by atoms with Crippen LogP contribution in [0.2, 0.25) is 0 Å². The van der Waals surface area contributed by atoms with Gasteiger partial charge in [-0.1, -0.05) is 18.2 Å². The maximum atomic E-state index is 13.6. The van der Waals surface area contributed by atoms with Gasteiger partial charge in [-0.2, -0.15) is 0 Å². The first-order chi connectivity index (χ1) is 6.86. The first-order valence-electron chi connectivity index (χ1n) is 4.83. The lowest BCUT2D eigenvalue weighted by molar-refractivity contribution is 0.270. The van der Waals surface area contributed by atoms with Crippen molar-refractivity contribution in [1.29, 1.82) is 0 Å². The fourth-order valence-electron chi connectivity index (χ4n) is 2.13. The molecule has 0 saturated carbocycles. The molecule has 1 aromatic carbocycles. The van der Waals surface area contributed by atoms with Gasteiger partial charge in [0.15, 0.2) is 6.30 Å². The van der Waals surface area contributed by atoms with Crippen molar-refractivity contribution >= 4 is 10.9 Å². The lowest BCUT2D eigenvalue weighted by atomic mass is 10.1. The third-order valence-electron chi connectivity index (χ3n) is 2.78. The summed E-state index contributed by atoms with van der Waals surface area (Å²) < 4.78 is 13.6. The smallest absolute Gasteiger partial charge is 0.179 e. The number of hydrogen-bond donors (Lipinski definition) is 2. The molecule has 0 amide bonds. The van der Waals surface area contributed by atoms with Gasteiger partial charge in [-0.05, 0) is 6.07 Å². The standard InChI is InChI=1S/C11H11FN2/c12-11-10-7-3-1-2-4-8(7)14-9(10)5-6-13-11/h1-4,11,13-14H,5-6H2. The Bertz CT molecular complexity index is 475. The van der Waals surface area contributed by atoms with Crippen molar-refractivity contribution in [3.05, 3.63) is 35.5 Å². The molecule has 1 aliphatic rings. The molecule has 1 aromatic heterocycles. The van der Waals surface area contributed by atoms with Gasteiger partial charge in [0, 0.05) is 35.1 Å². The molecule has 0 fully saturated rings. The van der Waals surface area contributed by atoms with E-state index in [-0.39, 0.29) is 0 Å². The summed E-state index contributed by atoms with van der Waals surface area (Å²) in [6.07, 6.45) is -0.139. The number of nitrogens with one attached hydrogen (secondary N) is 2. The van der Waals surface area contributed by atoms with Crippen LogP contribution in [-0.2, 0) is 6.42 Å². The van der Waals surface area contributed by atoms with Crippen molar-refractivity contribution in [2.75, 3.05) is 6.54 Å². The predicted molar refractivity (Wildman–Crippen MR) is 53.9 cm³/mol. The zero-order valence-electron chi connectivity index (χ0n) is 7.68. The van der Waals surface area contributed by atoms with E-state index in [0.29, 0.717) is 6.54 Å². The molecule has 0 bridgehead atoms. The largest absolute Gasteiger partial charge is 0.358 e. The number of aromatic amines is 1. The van der Waals surface area contributed by atoms with E-state index in [1.54, 1.807) is 0 Å². The van der Waals surface area contributed by atoms with E-state index < -0.39 is 6.30 Å². The number of hydrogen-bond acceptors (Lipinski definition) is 1. The minimum atomic E-state index is -1.02. The normalized spacial score (nSPS) is 21.1. The summed E-state index contributed by atoms with van der Waals surface area (Å²) in [6.45, 7) is 0.709. The van der Waals surface area contributed by atoms with E-state index in [0.717, 1.165) is 28.6 Å². The molecular weight excluding hydrogens is 179 g/mol. The average molecular weight is 190 g/mol. The number of alkyl halides is 1. The van der Waals surface area contributed by atoms with Crippen LogP contribution < -0.4 is 5.32 Å². The third kappa shape index (κ3) is 0.990. The van der Waals surface area contributed by atoms with Crippen LogP contribution in [-0.4, -0.2) is 11.5 Å². The Balaban J connectivity index is 2.34. The van der Waals surface area contributed by atoms with Crippen molar-refractivity contribution in [1.82, 2.24) is 10.3 Å². The number of benzene rings is 1. The van der Waals surface area contributed by atoms with Crippen LogP contribution in [0.3, 0.4) is 0 Å². The SMILES string of the molecule is FC1NCCc2[nH]c3ccccc3c21. The van der Waals surface area contributed by atoms with E-state index in [4.69, 9.17) is 0 Å². The molecule has 0 radical (unpaired) electrons. The first-order valence-corrected chi connectivity index (χ1v) is 4.83. The second-order valence-electron chi connectivity index (χ2n) is 3.63. The van der Waals surface area contributed by atoms with E-state index in [9.17, 15) is 4.39 Å². The Kier molecular flexibility index (Phi) is 1.61. The molecule has 2 nitrogen and oxygen atoms in total. The van der Waals surface area contributed by atoms with Gasteiger partial charge in [-0.25, -0.2) is 4.39 Å². The summed E-state index contributed by atoms with van der Waals surface area (Å²) in [4.78, 5) is 3.27. The maximum absolute atomic E-state index is 13.6. The Labute approximate surface area is 81.1 Å². The molecule has 2 N–H and O–H groups in total. The second kappa shape index (κ2) is 2.82. The molecule has 1 unspecified atom stereocenters. The number of rotatable bonds is 0. The fourth-order valence-corrected chi connectivity index (χ4v) is 2.13. The van der Waals surface area contributed by atoms with Gasteiger partial charge in [0.1, 0.15) is 0 Å². The number of fused-ring (bicyclic) bond motifs is 3. The van der Waals surface area contributed by atoms with Crippen LogP contribution >= 0.6 is 0 Å². The molecule has 14 heavy (non-hydrogen) atoms. The number of aromatic nitrogens is 1. The van der Waals surface area contributed by atoms with Crippen molar-refractivity contribution in [2.24, 2.45) is 0 Å².